The Morgan fingerprint density at radius 2 is 2.10 bits per heavy atom. The molecule has 1 aromatic heterocycles. The number of aliphatic hydroxyl groups is 1. The zero-order valence-corrected chi connectivity index (χ0v) is 16.6. The Morgan fingerprint density at radius 1 is 1.30 bits per heavy atom. The molecule has 2 aromatic carbocycles. The molecule has 154 valence electrons. The Bertz CT molecular complexity index is 1350. The molecule has 0 bridgehead atoms. The van der Waals surface area contributed by atoms with Gasteiger partial charge in [0, 0.05) is 17.6 Å². The van der Waals surface area contributed by atoms with Crippen molar-refractivity contribution in [1.82, 2.24) is 9.55 Å². The molecule has 2 heterocycles. The highest BCUT2D eigenvalue weighted by Gasteiger charge is 2.25. The third kappa shape index (κ3) is 3.62. The van der Waals surface area contributed by atoms with E-state index in [1.54, 1.807) is 36.9 Å². The van der Waals surface area contributed by atoms with Crippen LogP contribution in [0.2, 0.25) is 0 Å². The number of rotatable bonds is 1. The Kier molecular flexibility index (Phi) is 4.09. The van der Waals surface area contributed by atoms with Gasteiger partial charge in [-0.2, -0.15) is 4.98 Å². The lowest BCUT2D eigenvalue weighted by atomic mass is 10.1. The summed E-state index contributed by atoms with van der Waals surface area (Å²) in [6, 6.07) is 9.14. The molecule has 0 atom stereocenters. The average molecular weight is 410 g/mol. The van der Waals surface area contributed by atoms with Crippen LogP contribution in [0, 0.1) is 17.7 Å². The van der Waals surface area contributed by atoms with Crippen LogP contribution in [0.5, 0.6) is 5.75 Å². The number of aromatic nitrogens is 2. The van der Waals surface area contributed by atoms with Crippen molar-refractivity contribution in [2.45, 2.75) is 25.9 Å². The summed E-state index contributed by atoms with van der Waals surface area (Å²) in [5.41, 5.74) is -1.27. The number of nitrogens with zero attached hydrogens (tertiary/aromatic N) is 3. The second-order valence-corrected chi connectivity index (χ2v) is 7.50. The minimum atomic E-state index is -2.83. The van der Waals surface area contributed by atoms with E-state index in [4.69, 9.17) is 8.85 Å². The molecule has 0 spiro atoms. The molecule has 0 unspecified atom stereocenters. The van der Waals surface area contributed by atoms with Crippen LogP contribution >= 0.6 is 0 Å². The van der Waals surface area contributed by atoms with Crippen molar-refractivity contribution < 1.29 is 18.3 Å². The van der Waals surface area contributed by atoms with Crippen molar-refractivity contribution in [2.75, 3.05) is 18.1 Å². The van der Waals surface area contributed by atoms with E-state index < -0.39 is 24.1 Å². The number of aryl methyl sites for hydroxylation is 1. The maximum Gasteiger partial charge on any atom is 0.349 e. The van der Waals surface area contributed by atoms with Crippen LogP contribution in [0.25, 0.3) is 10.9 Å². The zero-order chi connectivity index (χ0) is 24.0. The highest BCUT2D eigenvalue weighted by molar-refractivity contribution is 5.93. The van der Waals surface area contributed by atoms with E-state index in [2.05, 4.69) is 16.8 Å². The van der Waals surface area contributed by atoms with Gasteiger partial charge in [-0.15, -0.1) is 0 Å². The van der Waals surface area contributed by atoms with Gasteiger partial charge in [0.1, 0.15) is 11.4 Å². The van der Waals surface area contributed by atoms with Gasteiger partial charge in [0.15, 0.2) is 11.6 Å². The number of hydrogen-bond donors (Lipinski definition) is 1. The number of ether oxygens (including phenoxy) is 1. The summed E-state index contributed by atoms with van der Waals surface area (Å²) in [5, 5.41) is 9.91. The van der Waals surface area contributed by atoms with Crippen molar-refractivity contribution in [2.24, 2.45) is 6.98 Å². The van der Waals surface area contributed by atoms with Crippen molar-refractivity contribution >= 4 is 22.4 Å². The van der Waals surface area contributed by atoms with Gasteiger partial charge < -0.3 is 14.7 Å². The van der Waals surface area contributed by atoms with Gasteiger partial charge >= 0.3 is 5.69 Å². The van der Waals surface area contributed by atoms with Gasteiger partial charge in [-0.1, -0.05) is 24.0 Å². The van der Waals surface area contributed by atoms with Crippen molar-refractivity contribution in [3.63, 3.8) is 0 Å². The molecule has 6 nitrogen and oxygen atoms in total. The Balaban J connectivity index is 2.00. The molecule has 0 amide bonds. The van der Waals surface area contributed by atoms with Crippen molar-refractivity contribution in [3.05, 3.63) is 58.3 Å². The summed E-state index contributed by atoms with van der Waals surface area (Å²) in [7, 11) is 0. The largest absolute Gasteiger partial charge is 0.490 e. The minimum absolute atomic E-state index is 0.00736. The molecule has 7 heteroatoms. The maximum atomic E-state index is 15.1. The molecule has 4 rings (SSSR count). The molecule has 30 heavy (non-hydrogen) atoms. The van der Waals surface area contributed by atoms with E-state index >= 15 is 4.39 Å². The predicted octanol–water partition coefficient (Wildman–Crippen LogP) is 3.12. The molecule has 0 radical (unpaired) electrons. The summed E-state index contributed by atoms with van der Waals surface area (Å²) in [6.45, 7) is 0.996. The molecular formula is C23H22FN3O3. The van der Waals surface area contributed by atoms with Crippen LogP contribution in [-0.2, 0) is 6.98 Å². The first kappa shape index (κ1) is 16.4. The monoisotopic (exact) mass is 410 g/mol. The Hall–Kier alpha value is -3.37. The van der Waals surface area contributed by atoms with E-state index in [1.807, 2.05) is 0 Å². The first-order chi connectivity index (χ1) is 15.5. The molecule has 0 fully saturated rings. The maximum absolute atomic E-state index is 15.1. The number of halogens is 1. The van der Waals surface area contributed by atoms with E-state index in [1.165, 1.54) is 18.2 Å². The predicted molar refractivity (Wildman–Crippen MR) is 114 cm³/mol. The Labute approximate surface area is 177 Å². The second kappa shape index (κ2) is 7.47. The van der Waals surface area contributed by atoms with Gasteiger partial charge in [-0.25, -0.2) is 9.18 Å². The second-order valence-electron chi connectivity index (χ2n) is 7.50. The van der Waals surface area contributed by atoms with Gasteiger partial charge in [-0.3, -0.25) is 4.57 Å². The smallest absolute Gasteiger partial charge is 0.349 e. The lowest BCUT2D eigenvalue weighted by Crippen LogP contribution is -2.27. The fourth-order valence-corrected chi connectivity index (χ4v) is 3.36. The number of anilines is 2. The topological polar surface area (TPSA) is 67.6 Å². The molecule has 0 saturated heterocycles. The summed E-state index contributed by atoms with van der Waals surface area (Å²) < 4.78 is 44.7. The molecule has 0 saturated carbocycles. The van der Waals surface area contributed by atoms with Crippen LogP contribution in [0.1, 0.15) is 29.9 Å². The lowest BCUT2D eigenvalue weighted by molar-refractivity contribution is 0.143. The van der Waals surface area contributed by atoms with Gasteiger partial charge in [0.25, 0.3) is 0 Å². The first-order valence-corrected chi connectivity index (χ1v) is 9.48. The molecule has 0 aliphatic carbocycles. The summed E-state index contributed by atoms with van der Waals surface area (Å²) >= 11 is 0. The summed E-state index contributed by atoms with van der Waals surface area (Å²) in [5.74, 6) is 5.39. The van der Waals surface area contributed by atoms with Crippen molar-refractivity contribution in [1.29, 1.82) is 0 Å². The molecule has 1 N–H and O–H groups in total. The van der Waals surface area contributed by atoms with Crippen LogP contribution in [0.15, 0.2) is 41.2 Å². The fraction of sp³-hybridized carbons (Fsp3) is 0.304. The normalized spacial score (nSPS) is 15.7. The summed E-state index contributed by atoms with van der Waals surface area (Å²) in [4.78, 5) is 18.5. The fourth-order valence-electron chi connectivity index (χ4n) is 3.36. The molecular weight excluding hydrogens is 385 g/mol. The zero-order valence-electron chi connectivity index (χ0n) is 19.6. The number of benzene rings is 2. The quantitative estimate of drug-likeness (QED) is 0.625. The summed E-state index contributed by atoms with van der Waals surface area (Å²) in [6.07, 6.45) is 0.535. The SMILES string of the molecule is [2H]C([2H])([2H])n1c(=O)nc(N2CCCOc3c(C#CC(C)(C)O)cccc32)c2c(F)cccc21. The van der Waals surface area contributed by atoms with E-state index in [-0.39, 0.29) is 16.7 Å². The van der Waals surface area contributed by atoms with Crippen LogP contribution in [0.4, 0.5) is 15.9 Å². The van der Waals surface area contributed by atoms with Crippen LogP contribution < -0.4 is 15.3 Å². The number of para-hydroxylation sites is 1. The van der Waals surface area contributed by atoms with Crippen LogP contribution in [0.3, 0.4) is 0 Å². The highest BCUT2D eigenvalue weighted by Crippen LogP contribution is 2.40. The van der Waals surface area contributed by atoms with Gasteiger partial charge in [0.2, 0.25) is 0 Å². The molecule has 1 aliphatic heterocycles. The van der Waals surface area contributed by atoms with E-state index in [0.29, 0.717) is 41.1 Å². The lowest BCUT2D eigenvalue weighted by Gasteiger charge is -2.25. The van der Waals surface area contributed by atoms with Gasteiger partial charge in [-0.05, 0) is 44.5 Å². The van der Waals surface area contributed by atoms with E-state index in [9.17, 15) is 9.90 Å². The molecule has 3 aromatic rings. The third-order valence-corrected chi connectivity index (χ3v) is 4.67. The third-order valence-electron chi connectivity index (χ3n) is 4.67. The van der Waals surface area contributed by atoms with Crippen LogP contribution in [-0.4, -0.2) is 33.4 Å². The van der Waals surface area contributed by atoms with Crippen molar-refractivity contribution in [3.8, 4) is 17.6 Å². The standard InChI is InChI=1S/C23H22FN3O3/c1-23(2,29)12-11-15-7-4-10-18-20(15)30-14-6-13-27(18)21-19-16(24)8-5-9-17(19)26(3)22(28)25-21/h4-5,7-10,29H,6,13-14H2,1-3H3/i3D3. The number of hydrogen-bond acceptors (Lipinski definition) is 5. The molecule has 1 aliphatic rings. The first-order valence-electron chi connectivity index (χ1n) is 11.0. The highest BCUT2D eigenvalue weighted by atomic mass is 19.1. The Morgan fingerprint density at radius 3 is 2.87 bits per heavy atom. The minimum Gasteiger partial charge on any atom is -0.490 e. The average Bonchev–Trinajstić information content (AvgIpc) is 2.93. The van der Waals surface area contributed by atoms with Gasteiger partial charge in [0.05, 0.1) is 28.8 Å². The van der Waals surface area contributed by atoms with E-state index in [0.717, 1.165) is 0 Å². The number of fused-ring (bicyclic) bond motifs is 2.